The van der Waals surface area contributed by atoms with Gasteiger partial charge in [-0.2, -0.15) is 4.98 Å². The van der Waals surface area contributed by atoms with Crippen LogP contribution in [0.3, 0.4) is 0 Å². The molecule has 2 aromatic rings. The van der Waals surface area contributed by atoms with E-state index >= 15 is 0 Å². The maximum atomic E-state index is 11.8. The summed E-state index contributed by atoms with van der Waals surface area (Å²) in [4.78, 5) is 34.1. The van der Waals surface area contributed by atoms with Crippen LogP contribution in [-0.2, 0) is 9.47 Å². The fourth-order valence-corrected chi connectivity index (χ4v) is 2.72. The molecule has 0 radical (unpaired) electrons. The first-order valence-electron chi connectivity index (χ1n) is 8.14. The number of carbonyl (C=O) groups excluding carboxylic acids is 1. The number of aromatic amines is 1. The fourth-order valence-electron chi connectivity index (χ4n) is 2.72. The van der Waals surface area contributed by atoms with Gasteiger partial charge in [-0.05, 0) is 12.3 Å². The molecule has 0 saturated heterocycles. The van der Waals surface area contributed by atoms with Crippen molar-refractivity contribution < 1.29 is 14.3 Å². The highest BCUT2D eigenvalue weighted by Crippen LogP contribution is 2.29. The Bertz CT molecular complexity index is 854. The van der Waals surface area contributed by atoms with E-state index in [-0.39, 0.29) is 41.5 Å². The molecule has 2 heterocycles. The van der Waals surface area contributed by atoms with Crippen LogP contribution in [-0.4, -0.2) is 38.9 Å². The molecule has 2 atom stereocenters. The number of imidazole rings is 1. The number of nitrogens with zero attached hydrogens (tertiary/aromatic N) is 3. The highest BCUT2D eigenvalue weighted by Gasteiger charge is 2.24. The summed E-state index contributed by atoms with van der Waals surface area (Å²) in [6.07, 6.45) is 5.58. The minimum Gasteiger partial charge on any atom is -0.434 e. The van der Waals surface area contributed by atoms with E-state index in [0.717, 1.165) is 0 Å². The van der Waals surface area contributed by atoms with Crippen LogP contribution in [0.15, 0.2) is 23.3 Å². The van der Waals surface area contributed by atoms with Gasteiger partial charge in [0.25, 0.3) is 5.56 Å². The lowest BCUT2D eigenvalue weighted by Gasteiger charge is -2.14. The van der Waals surface area contributed by atoms with E-state index in [4.69, 9.17) is 15.2 Å². The van der Waals surface area contributed by atoms with Gasteiger partial charge in [0, 0.05) is 5.92 Å². The van der Waals surface area contributed by atoms with Crippen LogP contribution in [0.2, 0.25) is 0 Å². The summed E-state index contributed by atoms with van der Waals surface area (Å²) in [6, 6.07) is -0.0287. The zero-order chi connectivity index (χ0) is 18.0. The molecule has 0 bridgehead atoms. The second kappa shape index (κ2) is 6.96. The number of H-pyrrole nitrogens is 1. The number of hydrogen-bond acceptors (Lipinski definition) is 7. The van der Waals surface area contributed by atoms with Gasteiger partial charge in [0.15, 0.2) is 11.2 Å². The normalized spacial score (nSPS) is 19.6. The largest absolute Gasteiger partial charge is 0.508 e. The van der Waals surface area contributed by atoms with E-state index in [1.165, 1.54) is 0 Å². The summed E-state index contributed by atoms with van der Waals surface area (Å²) in [6.45, 7) is 4.50. The van der Waals surface area contributed by atoms with Gasteiger partial charge in [0.2, 0.25) is 5.95 Å². The molecular formula is C16H21N5O4. The van der Waals surface area contributed by atoms with Crippen molar-refractivity contribution >= 4 is 23.3 Å². The predicted octanol–water partition coefficient (Wildman–Crippen LogP) is 1.63. The van der Waals surface area contributed by atoms with Crippen molar-refractivity contribution in [1.29, 1.82) is 0 Å². The van der Waals surface area contributed by atoms with Crippen LogP contribution in [0.1, 0.15) is 26.3 Å². The maximum Gasteiger partial charge on any atom is 0.508 e. The Balaban J connectivity index is 1.61. The Hall–Kier alpha value is -2.84. The number of nitrogens with two attached hydrogens (primary N) is 1. The molecule has 0 aliphatic heterocycles. The fraction of sp³-hybridized carbons (Fsp3) is 0.500. The molecule has 134 valence electrons. The molecule has 0 amide bonds. The monoisotopic (exact) mass is 347 g/mol. The molecule has 0 unspecified atom stereocenters. The number of carbonyl (C=O) groups is 1. The molecule has 0 saturated carbocycles. The second-order valence-electron chi connectivity index (χ2n) is 6.49. The Morgan fingerprint density at radius 2 is 2.24 bits per heavy atom. The summed E-state index contributed by atoms with van der Waals surface area (Å²) >= 11 is 0. The summed E-state index contributed by atoms with van der Waals surface area (Å²) in [5, 5.41) is 0. The molecule has 0 spiro atoms. The van der Waals surface area contributed by atoms with Gasteiger partial charge in [0.05, 0.1) is 19.0 Å². The van der Waals surface area contributed by atoms with Crippen molar-refractivity contribution in [2.75, 3.05) is 18.9 Å². The van der Waals surface area contributed by atoms with Gasteiger partial charge in [-0.25, -0.2) is 9.78 Å². The van der Waals surface area contributed by atoms with E-state index in [0.29, 0.717) is 18.7 Å². The van der Waals surface area contributed by atoms with Gasteiger partial charge < -0.3 is 19.8 Å². The second-order valence-corrected chi connectivity index (χ2v) is 6.49. The number of ether oxygens (including phenoxy) is 2. The molecule has 1 aliphatic carbocycles. The number of anilines is 1. The highest BCUT2D eigenvalue weighted by atomic mass is 16.7. The summed E-state index contributed by atoms with van der Waals surface area (Å²) < 4.78 is 11.9. The smallest absolute Gasteiger partial charge is 0.434 e. The van der Waals surface area contributed by atoms with Crippen molar-refractivity contribution in [2.45, 2.75) is 26.3 Å². The molecule has 3 N–H and O–H groups in total. The molecule has 0 fully saturated rings. The number of allylic oxidation sites excluding steroid dienone is 1. The van der Waals surface area contributed by atoms with Crippen molar-refractivity contribution in [3.05, 3.63) is 28.8 Å². The van der Waals surface area contributed by atoms with Gasteiger partial charge in [-0.1, -0.05) is 26.0 Å². The van der Waals surface area contributed by atoms with Crippen LogP contribution >= 0.6 is 0 Å². The first-order valence-corrected chi connectivity index (χ1v) is 8.14. The number of aromatic nitrogens is 4. The number of rotatable bonds is 5. The van der Waals surface area contributed by atoms with Crippen molar-refractivity contribution in [3.63, 3.8) is 0 Å². The molecule has 9 heteroatoms. The lowest BCUT2D eigenvalue weighted by Crippen LogP contribution is -2.16. The van der Waals surface area contributed by atoms with Gasteiger partial charge in [-0.15, -0.1) is 0 Å². The maximum absolute atomic E-state index is 11.8. The third kappa shape index (κ3) is 3.81. The van der Waals surface area contributed by atoms with Gasteiger partial charge in [-0.3, -0.25) is 9.78 Å². The standard InChI is InChI=1S/C16H21N5O4/c1-9(2)6-24-16(23)25-7-10-3-4-11(5-10)21-8-18-12-13(21)19-15(17)20-14(12)22/h3-4,8-11H,5-7H2,1-2H3,(H3,17,19,20,22)/t10-,11+/m1/s1. The average Bonchev–Trinajstić information content (AvgIpc) is 3.17. The summed E-state index contributed by atoms with van der Waals surface area (Å²) in [5.41, 5.74) is 5.94. The molecular weight excluding hydrogens is 326 g/mol. The highest BCUT2D eigenvalue weighted by molar-refractivity contribution is 5.70. The predicted molar refractivity (Wildman–Crippen MR) is 91.0 cm³/mol. The van der Waals surface area contributed by atoms with E-state index < -0.39 is 6.16 Å². The molecule has 9 nitrogen and oxygen atoms in total. The summed E-state index contributed by atoms with van der Waals surface area (Å²) in [7, 11) is 0. The topological polar surface area (TPSA) is 125 Å². The van der Waals surface area contributed by atoms with Crippen molar-refractivity contribution in [1.82, 2.24) is 19.5 Å². The van der Waals surface area contributed by atoms with E-state index in [2.05, 4.69) is 15.0 Å². The molecule has 2 aromatic heterocycles. The third-order valence-corrected chi connectivity index (χ3v) is 3.91. The van der Waals surface area contributed by atoms with Crippen LogP contribution in [0.4, 0.5) is 10.7 Å². The summed E-state index contributed by atoms with van der Waals surface area (Å²) in [5.74, 6) is 0.378. The Morgan fingerprint density at radius 3 is 3.00 bits per heavy atom. The van der Waals surface area contributed by atoms with Gasteiger partial charge >= 0.3 is 6.16 Å². The van der Waals surface area contributed by atoms with Crippen molar-refractivity contribution in [3.8, 4) is 0 Å². The van der Waals surface area contributed by atoms with Crippen LogP contribution < -0.4 is 11.3 Å². The van der Waals surface area contributed by atoms with Crippen LogP contribution in [0.25, 0.3) is 11.2 Å². The first-order chi connectivity index (χ1) is 11.9. The number of fused-ring (bicyclic) bond motifs is 1. The molecule has 3 rings (SSSR count). The SMILES string of the molecule is CC(C)COC(=O)OC[C@@H]1C=C[C@H](n2cnc3c(=O)[nH]c(N)nc32)C1. The first kappa shape index (κ1) is 17.0. The minimum absolute atomic E-state index is 0.0287. The molecule has 25 heavy (non-hydrogen) atoms. The minimum atomic E-state index is -0.653. The third-order valence-electron chi connectivity index (χ3n) is 3.91. The Morgan fingerprint density at radius 1 is 1.44 bits per heavy atom. The Labute approximate surface area is 143 Å². The van der Waals surface area contributed by atoms with E-state index in [1.807, 2.05) is 26.0 Å². The lowest BCUT2D eigenvalue weighted by atomic mass is 10.1. The Kier molecular flexibility index (Phi) is 4.73. The van der Waals surface area contributed by atoms with Crippen molar-refractivity contribution in [2.24, 2.45) is 11.8 Å². The van der Waals surface area contributed by atoms with Crippen LogP contribution in [0, 0.1) is 11.8 Å². The lowest BCUT2D eigenvalue weighted by molar-refractivity contribution is 0.0407. The number of hydrogen-bond donors (Lipinski definition) is 2. The quantitative estimate of drug-likeness (QED) is 0.622. The molecule has 0 aromatic carbocycles. The van der Waals surface area contributed by atoms with E-state index in [9.17, 15) is 9.59 Å². The number of nitrogen functional groups attached to an aromatic ring is 1. The van der Waals surface area contributed by atoms with Gasteiger partial charge in [0.1, 0.15) is 6.61 Å². The zero-order valence-corrected chi connectivity index (χ0v) is 14.1. The average molecular weight is 347 g/mol. The molecule has 1 aliphatic rings. The van der Waals surface area contributed by atoms with E-state index in [1.54, 1.807) is 10.9 Å². The zero-order valence-electron chi connectivity index (χ0n) is 14.1. The number of nitrogens with one attached hydrogen (secondary N) is 1. The van der Waals surface area contributed by atoms with Crippen LogP contribution in [0.5, 0.6) is 0 Å².